The largest absolute Gasteiger partial charge is 0.316 e. The Morgan fingerprint density at radius 3 is 2.71 bits per heavy atom. The molecule has 1 saturated heterocycles. The predicted molar refractivity (Wildman–Crippen MR) is 93.0 cm³/mol. The highest BCUT2D eigenvalue weighted by Gasteiger charge is 2.28. The fourth-order valence-electron chi connectivity index (χ4n) is 3.48. The van der Waals surface area contributed by atoms with Gasteiger partial charge in [0.2, 0.25) is 0 Å². The van der Waals surface area contributed by atoms with Crippen LogP contribution in [0.15, 0.2) is 46.9 Å². The van der Waals surface area contributed by atoms with E-state index in [1.807, 2.05) is 0 Å². The zero-order valence-corrected chi connectivity index (χ0v) is 14.3. The molecule has 0 radical (unpaired) electrons. The Kier molecular flexibility index (Phi) is 4.46. The number of rotatable bonds is 2. The average Bonchev–Trinajstić information content (AvgIpc) is 2.50. The van der Waals surface area contributed by atoms with Crippen LogP contribution in [0.2, 0.25) is 0 Å². The van der Waals surface area contributed by atoms with E-state index in [0.717, 1.165) is 13.1 Å². The van der Waals surface area contributed by atoms with Crippen molar-refractivity contribution in [3.05, 3.63) is 69.2 Å². The molecule has 2 heteroatoms. The quantitative estimate of drug-likeness (QED) is 0.815. The molecular formula is C19H22BrN. The average molecular weight is 344 g/mol. The Hall–Kier alpha value is -1.12. The van der Waals surface area contributed by atoms with E-state index in [2.05, 4.69) is 77.6 Å². The number of hydrogen-bond donors (Lipinski definition) is 1. The van der Waals surface area contributed by atoms with E-state index >= 15 is 0 Å². The van der Waals surface area contributed by atoms with Crippen LogP contribution >= 0.6 is 15.9 Å². The fourth-order valence-corrected chi connectivity index (χ4v) is 3.89. The Labute approximate surface area is 135 Å². The molecule has 2 aromatic rings. The van der Waals surface area contributed by atoms with Crippen LogP contribution in [0, 0.1) is 13.8 Å². The molecular weight excluding hydrogens is 322 g/mol. The van der Waals surface area contributed by atoms with Crippen molar-refractivity contribution >= 4 is 15.9 Å². The third kappa shape index (κ3) is 3.22. The van der Waals surface area contributed by atoms with Crippen LogP contribution in [0.4, 0.5) is 0 Å². The van der Waals surface area contributed by atoms with Crippen molar-refractivity contribution in [1.82, 2.24) is 5.32 Å². The summed E-state index contributed by atoms with van der Waals surface area (Å²) in [5, 5.41) is 3.57. The van der Waals surface area contributed by atoms with Gasteiger partial charge in [0.15, 0.2) is 0 Å². The van der Waals surface area contributed by atoms with Gasteiger partial charge in [-0.2, -0.15) is 0 Å². The molecule has 1 N–H and O–H groups in total. The maximum absolute atomic E-state index is 3.61. The molecule has 1 nitrogen and oxygen atoms in total. The first-order chi connectivity index (χ1) is 10.1. The van der Waals surface area contributed by atoms with Gasteiger partial charge in [-0.1, -0.05) is 51.8 Å². The van der Waals surface area contributed by atoms with Gasteiger partial charge in [0.05, 0.1) is 0 Å². The van der Waals surface area contributed by atoms with E-state index in [1.165, 1.54) is 33.1 Å². The van der Waals surface area contributed by atoms with Crippen LogP contribution in [0.3, 0.4) is 0 Å². The lowest BCUT2D eigenvalue weighted by atomic mass is 9.76. The summed E-state index contributed by atoms with van der Waals surface area (Å²) in [7, 11) is 0. The van der Waals surface area contributed by atoms with E-state index in [4.69, 9.17) is 0 Å². The maximum atomic E-state index is 3.61. The third-order valence-electron chi connectivity index (χ3n) is 4.59. The highest BCUT2D eigenvalue weighted by molar-refractivity contribution is 9.10. The number of benzene rings is 2. The molecule has 21 heavy (non-hydrogen) atoms. The van der Waals surface area contributed by atoms with E-state index in [-0.39, 0.29) is 0 Å². The van der Waals surface area contributed by atoms with E-state index < -0.39 is 0 Å². The molecule has 0 aromatic heterocycles. The van der Waals surface area contributed by atoms with Crippen LogP contribution in [0.25, 0.3) is 0 Å². The first-order valence-electron chi connectivity index (χ1n) is 7.68. The molecule has 2 unspecified atom stereocenters. The van der Waals surface area contributed by atoms with Gasteiger partial charge in [-0.05, 0) is 61.6 Å². The molecule has 0 spiro atoms. The molecule has 0 saturated carbocycles. The Bertz CT molecular complexity index is 635. The SMILES string of the molecule is Cc1ccc(C)c(C2CCNCC2c2cccc(Br)c2)c1. The van der Waals surface area contributed by atoms with Gasteiger partial charge in [0.25, 0.3) is 0 Å². The summed E-state index contributed by atoms with van der Waals surface area (Å²) in [5.41, 5.74) is 5.75. The standard InChI is InChI=1S/C19H22BrN/c1-13-6-7-14(2)18(10-13)17-8-9-21-12-19(17)15-4-3-5-16(20)11-15/h3-7,10-11,17,19,21H,8-9,12H2,1-2H3. The molecule has 1 fully saturated rings. The summed E-state index contributed by atoms with van der Waals surface area (Å²) in [6, 6.07) is 15.7. The van der Waals surface area contributed by atoms with Gasteiger partial charge in [0, 0.05) is 16.9 Å². The molecule has 3 rings (SSSR count). The molecule has 2 aromatic carbocycles. The summed E-state index contributed by atoms with van der Waals surface area (Å²) in [6.07, 6.45) is 1.21. The summed E-state index contributed by atoms with van der Waals surface area (Å²) < 4.78 is 1.17. The first kappa shape index (κ1) is 14.8. The van der Waals surface area contributed by atoms with Crippen molar-refractivity contribution in [2.45, 2.75) is 32.1 Å². The molecule has 2 atom stereocenters. The Morgan fingerprint density at radius 1 is 1.05 bits per heavy atom. The lowest BCUT2D eigenvalue weighted by molar-refractivity contribution is 0.403. The summed E-state index contributed by atoms with van der Waals surface area (Å²) in [6.45, 7) is 6.62. The number of nitrogens with one attached hydrogen (secondary N) is 1. The molecule has 0 amide bonds. The van der Waals surface area contributed by atoms with Crippen molar-refractivity contribution in [2.24, 2.45) is 0 Å². The lowest BCUT2D eigenvalue weighted by Crippen LogP contribution is -2.34. The summed E-state index contributed by atoms with van der Waals surface area (Å²) in [5.74, 6) is 1.16. The minimum atomic E-state index is 0.553. The van der Waals surface area contributed by atoms with Crippen molar-refractivity contribution in [3.8, 4) is 0 Å². The summed E-state index contributed by atoms with van der Waals surface area (Å²) >= 11 is 3.61. The molecule has 1 aliphatic rings. The van der Waals surface area contributed by atoms with Crippen LogP contribution in [-0.2, 0) is 0 Å². The first-order valence-corrected chi connectivity index (χ1v) is 8.48. The fraction of sp³-hybridized carbons (Fsp3) is 0.368. The highest BCUT2D eigenvalue weighted by atomic mass is 79.9. The van der Waals surface area contributed by atoms with E-state index in [9.17, 15) is 0 Å². The number of piperidine rings is 1. The minimum Gasteiger partial charge on any atom is -0.316 e. The smallest absolute Gasteiger partial charge is 0.0178 e. The molecule has 1 heterocycles. The molecule has 0 bridgehead atoms. The van der Waals surface area contributed by atoms with Crippen LogP contribution in [0.5, 0.6) is 0 Å². The third-order valence-corrected chi connectivity index (χ3v) is 5.09. The monoisotopic (exact) mass is 343 g/mol. The predicted octanol–water partition coefficient (Wildman–Crippen LogP) is 4.93. The molecule has 110 valence electrons. The zero-order valence-electron chi connectivity index (χ0n) is 12.7. The lowest BCUT2D eigenvalue weighted by Gasteiger charge is -2.34. The Balaban J connectivity index is 2.00. The van der Waals surface area contributed by atoms with Gasteiger partial charge in [0.1, 0.15) is 0 Å². The van der Waals surface area contributed by atoms with Crippen LogP contribution in [-0.4, -0.2) is 13.1 Å². The van der Waals surface area contributed by atoms with E-state index in [1.54, 1.807) is 0 Å². The second-order valence-corrected chi connectivity index (χ2v) is 7.04. The highest BCUT2D eigenvalue weighted by Crippen LogP contribution is 2.39. The van der Waals surface area contributed by atoms with Crippen molar-refractivity contribution in [1.29, 1.82) is 0 Å². The van der Waals surface area contributed by atoms with Crippen LogP contribution in [0.1, 0.15) is 40.5 Å². The number of aryl methyl sites for hydroxylation is 2. The van der Waals surface area contributed by atoms with Gasteiger partial charge in [-0.3, -0.25) is 0 Å². The Morgan fingerprint density at radius 2 is 1.90 bits per heavy atom. The number of hydrogen-bond acceptors (Lipinski definition) is 1. The van der Waals surface area contributed by atoms with E-state index in [0.29, 0.717) is 11.8 Å². The number of halogens is 1. The topological polar surface area (TPSA) is 12.0 Å². The summed E-state index contributed by atoms with van der Waals surface area (Å²) in [4.78, 5) is 0. The van der Waals surface area contributed by atoms with Gasteiger partial charge in [-0.25, -0.2) is 0 Å². The van der Waals surface area contributed by atoms with Crippen molar-refractivity contribution in [3.63, 3.8) is 0 Å². The van der Waals surface area contributed by atoms with Crippen molar-refractivity contribution < 1.29 is 0 Å². The second kappa shape index (κ2) is 6.33. The molecule has 0 aliphatic carbocycles. The maximum Gasteiger partial charge on any atom is 0.0178 e. The minimum absolute atomic E-state index is 0.553. The van der Waals surface area contributed by atoms with Crippen LogP contribution < -0.4 is 5.32 Å². The van der Waals surface area contributed by atoms with Gasteiger partial charge in [-0.15, -0.1) is 0 Å². The second-order valence-electron chi connectivity index (χ2n) is 6.12. The van der Waals surface area contributed by atoms with Gasteiger partial charge >= 0.3 is 0 Å². The van der Waals surface area contributed by atoms with Gasteiger partial charge < -0.3 is 5.32 Å². The molecule has 1 aliphatic heterocycles. The normalized spacial score (nSPS) is 22.2. The van der Waals surface area contributed by atoms with Crippen molar-refractivity contribution in [2.75, 3.05) is 13.1 Å². The zero-order chi connectivity index (χ0) is 14.8.